The van der Waals surface area contributed by atoms with Crippen molar-refractivity contribution >= 4 is 11.0 Å². The molecule has 0 radical (unpaired) electrons. The third-order valence-electron chi connectivity index (χ3n) is 2.91. The SMILES string of the molecule is C=CCC(N)c1nc(-c2ccc3nccnc3c2)no1. The lowest BCUT2D eigenvalue weighted by Crippen LogP contribution is -2.09. The van der Waals surface area contributed by atoms with Crippen LogP contribution in [0.4, 0.5) is 0 Å². The molecular formula is C14H13N5O. The van der Waals surface area contributed by atoms with Crippen LogP contribution in [0.2, 0.25) is 0 Å². The van der Waals surface area contributed by atoms with Crippen molar-refractivity contribution in [2.75, 3.05) is 0 Å². The second-order valence-corrected chi connectivity index (χ2v) is 4.35. The number of rotatable bonds is 4. The molecule has 0 fully saturated rings. The van der Waals surface area contributed by atoms with Gasteiger partial charge in [-0.1, -0.05) is 11.2 Å². The maximum Gasteiger partial charge on any atom is 0.244 e. The lowest BCUT2D eigenvalue weighted by molar-refractivity contribution is 0.356. The van der Waals surface area contributed by atoms with Crippen molar-refractivity contribution < 1.29 is 4.52 Å². The van der Waals surface area contributed by atoms with Crippen molar-refractivity contribution in [3.63, 3.8) is 0 Å². The summed E-state index contributed by atoms with van der Waals surface area (Å²) >= 11 is 0. The van der Waals surface area contributed by atoms with Crippen LogP contribution in [0.3, 0.4) is 0 Å². The van der Waals surface area contributed by atoms with Crippen LogP contribution in [0.25, 0.3) is 22.4 Å². The summed E-state index contributed by atoms with van der Waals surface area (Å²) in [5.74, 6) is 0.895. The zero-order valence-corrected chi connectivity index (χ0v) is 10.7. The van der Waals surface area contributed by atoms with Gasteiger partial charge in [-0.25, -0.2) is 0 Å². The van der Waals surface area contributed by atoms with Crippen LogP contribution >= 0.6 is 0 Å². The van der Waals surface area contributed by atoms with Gasteiger partial charge in [-0.2, -0.15) is 4.98 Å². The Morgan fingerprint density at radius 2 is 2.05 bits per heavy atom. The van der Waals surface area contributed by atoms with E-state index in [0.29, 0.717) is 18.1 Å². The molecule has 0 aliphatic carbocycles. The Bertz CT molecular complexity index is 752. The zero-order chi connectivity index (χ0) is 13.9. The fraction of sp³-hybridized carbons (Fsp3) is 0.143. The van der Waals surface area contributed by atoms with Crippen LogP contribution in [0, 0.1) is 0 Å². The van der Waals surface area contributed by atoms with Crippen LogP contribution in [-0.2, 0) is 0 Å². The van der Waals surface area contributed by atoms with Gasteiger partial charge in [-0.05, 0) is 24.6 Å². The molecule has 6 heteroatoms. The average Bonchev–Trinajstić information content (AvgIpc) is 2.97. The highest BCUT2D eigenvalue weighted by atomic mass is 16.5. The van der Waals surface area contributed by atoms with Crippen LogP contribution in [-0.4, -0.2) is 20.1 Å². The highest BCUT2D eigenvalue weighted by molar-refractivity contribution is 5.79. The predicted molar refractivity (Wildman–Crippen MR) is 74.6 cm³/mol. The van der Waals surface area contributed by atoms with Crippen molar-refractivity contribution in [1.82, 2.24) is 20.1 Å². The van der Waals surface area contributed by atoms with Crippen molar-refractivity contribution in [3.8, 4) is 11.4 Å². The Morgan fingerprint density at radius 1 is 1.25 bits per heavy atom. The molecule has 3 rings (SSSR count). The molecule has 100 valence electrons. The van der Waals surface area contributed by atoms with Crippen molar-refractivity contribution in [3.05, 3.63) is 49.1 Å². The van der Waals surface area contributed by atoms with Crippen LogP contribution in [0.15, 0.2) is 47.8 Å². The Hall–Kier alpha value is -2.60. The molecule has 0 spiro atoms. The molecule has 20 heavy (non-hydrogen) atoms. The third kappa shape index (κ3) is 2.28. The van der Waals surface area contributed by atoms with E-state index in [1.807, 2.05) is 18.2 Å². The minimum atomic E-state index is -0.325. The normalized spacial score (nSPS) is 12.4. The van der Waals surface area contributed by atoms with E-state index < -0.39 is 0 Å². The predicted octanol–water partition coefficient (Wildman–Crippen LogP) is 2.26. The van der Waals surface area contributed by atoms with E-state index in [2.05, 4.69) is 26.7 Å². The second kappa shape index (κ2) is 5.18. The topological polar surface area (TPSA) is 90.7 Å². The molecule has 6 nitrogen and oxygen atoms in total. The van der Waals surface area contributed by atoms with E-state index in [4.69, 9.17) is 10.3 Å². The molecular weight excluding hydrogens is 254 g/mol. The molecule has 0 saturated carbocycles. The third-order valence-corrected chi connectivity index (χ3v) is 2.91. The van der Waals surface area contributed by atoms with Gasteiger partial charge in [-0.15, -0.1) is 6.58 Å². The summed E-state index contributed by atoms with van der Waals surface area (Å²) in [4.78, 5) is 12.8. The van der Waals surface area contributed by atoms with Crippen LogP contribution < -0.4 is 5.73 Å². The monoisotopic (exact) mass is 267 g/mol. The van der Waals surface area contributed by atoms with E-state index in [9.17, 15) is 0 Å². The van der Waals surface area contributed by atoms with E-state index in [-0.39, 0.29) is 6.04 Å². The van der Waals surface area contributed by atoms with E-state index in [1.54, 1.807) is 18.5 Å². The van der Waals surface area contributed by atoms with Crippen molar-refractivity contribution in [2.45, 2.75) is 12.5 Å². The number of fused-ring (bicyclic) bond motifs is 1. The Labute approximate surface area is 115 Å². The first-order valence-corrected chi connectivity index (χ1v) is 6.19. The smallest absolute Gasteiger partial charge is 0.244 e. The first-order chi connectivity index (χ1) is 9.78. The van der Waals surface area contributed by atoms with Gasteiger partial charge < -0.3 is 10.3 Å². The van der Waals surface area contributed by atoms with Crippen LogP contribution in [0.1, 0.15) is 18.4 Å². The number of nitrogens with two attached hydrogens (primary N) is 1. The van der Waals surface area contributed by atoms with Gasteiger partial charge in [0.15, 0.2) is 0 Å². The largest absolute Gasteiger partial charge is 0.337 e. The lowest BCUT2D eigenvalue weighted by atomic mass is 10.2. The molecule has 0 bridgehead atoms. The molecule has 2 N–H and O–H groups in total. The number of hydrogen-bond acceptors (Lipinski definition) is 6. The van der Waals surface area contributed by atoms with E-state index >= 15 is 0 Å². The molecule has 3 aromatic rings. The van der Waals surface area contributed by atoms with Gasteiger partial charge in [0.2, 0.25) is 11.7 Å². The summed E-state index contributed by atoms with van der Waals surface area (Å²) in [7, 11) is 0. The minimum Gasteiger partial charge on any atom is -0.337 e. The molecule has 0 aliphatic heterocycles. The standard InChI is InChI=1S/C14H13N5O/c1-2-3-10(15)14-18-13(19-20-14)9-4-5-11-12(8-9)17-7-6-16-11/h2,4-8,10H,1,3,15H2. The Morgan fingerprint density at radius 3 is 2.85 bits per heavy atom. The maximum absolute atomic E-state index is 5.90. The van der Waals surface area contributed by atoms with Gasteiger partial charge in [0.1, 0.15) is 0 Å². The lowest BCUT2D eigenvalue weighted by Gasteiger charge is -2.00. The quantitative estimate of drug-likeness (QED) is 0.729. The van der Waals surface area contributed by atoms with Gasteiger partial charge in [0, 0.05) is 18.0 Å². The minimum absolute atomic E-state index is 0.325. The van der Waals surface area contributed by atoms with Gasteiger partial charge >= 0.3 is 0 Å². The molecule has 1 aromatic carbocycles. The summed E-state index contributed by atoms with van der Waals surface area (Å²) in [6.45, 7) is 3.64. The molecule has 1 atom stereocenters. The summed E-state index contributed by atoms with van der Waals surface area (Å²) in [6, 6.07) is 5.30. The van der Waals surface area contributed by atoms with Gasteiger partial charge in [-0.3, -0.25) is 9.97 Å². The average molecular weight is 267 g/mol. The van der Waals surface area contributed by atoms with E-state index in [0.717, 1.165) is 16.6 Å². The highest BCUT2D eigenvalue weighted by Gasteiger charge is 2.14. The molecule has 2 aromatic heterocycles. The first-order valence-electron chi connectivity index (χ1n) is 6.19. The number of benzene rings is 1. The summed E-state index contributed by atoms with van der Waals surface area (Å²) in [6.07, 6.45) is 5.61. The number of nitrogens with zero attached hydrogens (tertiary/aromatic N) is 4. The summed E-state index contributed by atoms with van der Waals surface area (Å²) in [5.41, 5.74) is 8.32. The Balaban J connectivity index is 1.96. The fourth-order valence-corrected chi connectivity index (χ4v) is 1.89. The summed E-state index contributed by atoms with van der Waals surface area (Å²) < 4.78 is 5.18. The van der Waals surface area contributed by atoms with Crippen molar-refractivity contribution in [1.29, 1.82) is 0 Å². The zero-order valence-electron chi connectivity index (χ0n) is 10.7. The molecule has 1 unspecified atom stereocenters. The first kappa shape index (κ1) is 12.4. The molecule has 0 saturated heterocycles. The highest BCUT2D eigenvalue weighted by Crippen LogP contribution is 2.22. The van der Waals surface area contributed by atoms with E-state index in [1.165, 1.54) is 0 Å². The summed E-state index contributed by atoms with van der Waals surface area (Å²) in [5, 5.41) is 3.95. The molecule has 0 amide bonds. The second-order valence-electron chi connectivity index (χ2n) is 4.35. The number of hydrogen-bond donors (Lipinski definition) is 1. The number of aromatic nitrogens is 4. The molecule has 0 aliphatic rings. The maximum atomic E-state index is 5.90. The van der Waals surface area contributed by atoms with Crippen molar-refractivity contribution in [2.24, 2.45) is 5.73 Å². The van der Waals surface area contributed by atoms with Gasteiger partial charge in [0.05, 0.1) is 17.1 Å². The fourth-order valence-electron chi connectivity index (χ4n) is 1.89. The Kier molecular flexibility index (Phi) is 3.22. The molecule has 2 heterocycles. The van der Waals surface area contributed by atoms with Crippen LogP contribution in [0.5, 0.6) is 0 Å². The van der Waals surface area contributed by atoms with Gasteiger partial charge in [0.25, 0.3) is 0 Å².